The maximum Gasteiger partial charge on any atom is 0.0739 e. The average molecular weight is 792 g/mol. The minimum Gasteiger partial charge on any atom is -0.253 e. The number of hydrogen-bond donors (Lipinski definition) is 0. The smallest absolute Gasteiger partial charge is 0.0739 e. The van der Waals surface area contributed by atoms with Crippen LogP contribution in [0, 0.1) is 19.8 Å². The Kier molecular flexibility index (Phi) is 11.2. The SMILES string of the molecule is C=C(C)N=C(C1=CCCC=C1)C1=C(C2=CC=CCC2)C1.Cc1ccccc1-c1cc2c(cc1C)C(C)(C)C1C=C(c3cc(-c4ccccc4)cc(-c4ccccc4)c3)C=CC21. The van der Waals surface area contributed by atoms with E-state index in [1.165, 1.54) is 95.5 Å². The Hall–Kier alpha value is -6.31. The van der Waals surface area contributed by atoms with Crippen molar-refractivity contribution >= 4 is 11.3 Å². The van der Waals surface area contributed by atoms with Gasteiger partial charge in [0.15, 0.2) is 0 Å². The van der Waals surface area contributed by atoms with E-state index in [0.717, 1.165) is 37.1 Å². The summed E-state index contributed by atoms with van der Waals surface area (Å²) in [6.07, 6.45) is 26.5. The van der Waals surface area contributed by atoms with Crippen LogP contribution in [0.1, 0.15) is 86.6 Å². The molecule has 0 aliphatic heterocycles. The molecule has 2 unspecified atom stereocenters. The number of nitrogens with zero attached hydrogens (tertiary/aromatic N) is 1. The van der Waals surface area contributed by atoms with E-state index in [-0.39, 0.29) is 5.41 Å². The third-order valence-electron chi connectivity index (χ3n) is 13.3. The lowest BCUT2D eigenvalue weighted by Gasteiger charge is -2.31. The zero-order valence-corrected chi connectivity index (χ0v) is 36.5. The molecule has 0 fully saturated rings. The number of aryl methyl sites for hydroxylation is 2. The first-order valence-corrected chi connectivity index (χ1v) is 22.2. The summed E-state index contributed by atoms with van der Waals surface area (Å²) in [5.74, 6) is 0.794. The molecule has 1 nitrogen and oxygen atoms in total. The molecular weight excluding hydrogens is 735 g/mol. The molecule has 0 saturated carbocycles. The van der Waals surface area contributed by atoms with Gasteiger partial charge in [-0.2, -0.15) is 0 Å². The maximum absolute atomic E-state index is 4.71. The number of fused-ring (bicyclic) bond motifs is 3. The Morgan fingerprint density at radius 2 is 1.38 bits per heavy atom. The van der Waals surface area contributed by atoms with Crippen molar-refractivity contribution in [3.8, 4) is 33.4 Å². The van der Waals surface area contributed by atoms with Crippen LogP contribution in [0.4, 0.5) is 0 Å². The van der Waals surface area contributed by atoms with Gasteiger partial charge in [-0.3, -0.25) is 4.99 Å². The molecule has 5 aliphatic rings. The normalized spacial score (nSPS) is 19.6. The first-order chi connectivity index (χ1) is 29.7. The van der Waals surface area contributed by atoms with E-state index >= 15 is 0 Å². The minimum atomic E-state index is 0.0460. The van der Waals surface area contributed by atoms with Crippen LogP contribution in [0.3, 0.4) is 0 Å². The summed E-state index contributed by atoms with van der Waals surface area (Å²) in [4.78, 5) is 4.71. The summed E-state index contributed by atoms with van der Waals surface area (Å²) in [6.45, 7) is 15.3. The van der Waals surface area contributed by atoms with Gasteiger partial charge in [0.05, 0.1) is 5.71 Å². The highest BCUT2D eigenvalue weighted by atomic mass is 14.8. The minimum absolute atomic E-state index is 0.0460. The van der Waals surface area contributed by atoms with Crippen LogP contribution in [0.2, 0.25) is 0 Å². The van der Waals surface area contributed by atoms with Crippen molar-refractivity contribution in [2.45, 2.75) is 78.1 Å². The number of hydrogen-bond acceptors (Lipinski definition) is 1. The molecule has 302 valence electrons. The lowest BCUT2D eigenvalue weighted by Crippen LogP contribution is -2.25. The van der Waals surface area contributed by atoms with Crippen LogP contribution >= 0.6 is 0 Å². The van der Waals surface area contributed by atoms with Crippen LogP contribution < -0.4 is 0 Å². The van der Waals surface area contributed by atoms with Crippen molar-refractivity contribution in [1.29, 1.82) is 0 Å². The highest BCUT2D eigenvalue weighted by Crippen LogP contribution is 2.55. The van der Waals surface area contributed by atoms with Gasteiger partial charge in [0.1, 0.15) is 0 Å². The fourth-order valence-electron chi connectivity index (χ4n) is 9.93. The number of allylic oxidation sites excluding steroid dienone is 15. The Morgan fingerprint density at radius 3 is 2.02 bits per heavy atom. The maximum atomic E-state index is 4.71. The van der Waals surface area contributed by atoms with Crippen LogP contribution in [-0.2, 0) is 5.41 Å². The second-order valence-electron chi connectivity index (χ2n) is 18.0. The first-order valence-electron chi connectivity index (χ1n) is 22.2. The molecule has 0 radical (unpaired) electrons. The van der Waals surface area contributed by atoms with Crippen molar-refractivity contribution in [3.05, 3.63) is 232 Å². The van der Waals surface area contributed by atoms with E-state index in [2.05, 4.69) is 204 Å². The molecule has 5 aliphatic carbocycles. The molecule has 1 heteroatoms. The molecule has 61 heavy (non-hydrogen) atoms. The molecule has 5 aromatic rings. The Morgan fingerprint density at radius 1 is 0.689 bits per heavy atom. The van der Waals surface area contributed by atoms with Gasteiger partial charge in [-0.1, -0.05) is 166 Å². The predicted octanol–water partition coefficient (Wildman–Crippen LogP) is 16.2. The average Bonchev–Trinajstić information content (AvgIpc) is 4.07. The highest BCUT2D eigenvalue weighted by Gasteiger charge is 2.45. The Balaban J connectivity index is 0.000000199. The van der Waals surface area contributed by atoms with Crippen molar-refractivity contribution in [2.24, 2.45) is 10.9 Å². The third kappa shape index (κ3) is 8.27. The van der Waals surface area contributed by atoms with Crippen LogP contribution in [0.5, 0.6) is 0 Å². The summed E-state index contributed by atoms with van der Waals surface area (Å²) in [6, 6.07) is 42.3. The number of benzene rings is 5. The van der Waals surface area contributed by atoms with Gasteiger partial charge in [0, 0.05) is 18.0 Å². The number of rotatable bonds is 8. The molecule has 0 spiro atoms. The van der Waals surface area contributed by atoms with Crippen LogP contribution in [-0.4, -0.2) is 5.71 Å². The van der Waals surface area contributed by atoms with Gasteiger partial charge in [-0.15, -0.1) is 0 Å². The lowest BCUT2D eigenvalue weighted by atomic mass is 9.72. The number of aliphatic imine (C=N–C) groups is 1. The fraction of sp³-hybridized carbons (Fsp3) is 0.217. The second-order valence-corrected chi connectivity index (χ2v) is 18.0. The largest absolute Gasteiger partial charge is 0.253 e. The fourth-order valence-corrected chi connectivity index (χ4v) is 9.93. The van der Waals surface area contributed by atoms with Crippen molar-refractivity contribution in [1.82, 2.24) is 0 Å². The summed E-state index contributed by atoms with van der Waals surface area (Å²) >= 11 is 0. The molecule has 10 rings (SSSR count). The van der Waals surface area contributed by atoms with E-state index < -0.39 is 0 Å². The van der Waals surface area contributed by atoms with E-state index in [1.807, 2.05) is 6.92 Å². The zero-order valence-electron chi connectivity index (χ0n) is 36.5. The van der Waals surface area contributed by atoms with Crippen LogP contribution in [0.15, 0.2) is 210 Å². The van der Waals surface area contributed by atoms with Crippen LogP contribution in [0.25, 0.3) is 39.0 Å². The van der Waals surface area contributed by atoms with Gasteiger partial charge in [0.25, 0.3) is 0 Å². The molecule has 0 heterocycles. The molecule has 0 amide bonds. The first kappa shape index (κ1) is 40.1. The van der Waals surface area contributed by atoms with Gasteiger partial charge in [-0.05, 0) is 171 Å². The zero-order chi connectivity index (χ0) is 42.1. The lowest BCUT2D eigenvalue weighted by molar-refractivity contribution is 0.395. The van der Waals surface area contributed by atoms with Gasteiger partial charge >= 0.3 is 0 Å². The van der Waals surface area contributed by atoms with E-state index in [9.17, 15) is 0 Å². The quantitative estimate of drug-likeness (QED) is 0.139. The van der Waals surface area contributed by atoms with Crippen molar-refractivity contribution in [2.75, 3.05) is 0 Å². The van der Waals surface area contributed by atoms with E-state index in [1.54, 1.807) is 0 Å². The van der Waals surface area contributed by atoms with Gasteiger partial charge in [0.2, 0.25) is 0 Å². The molecule has 0 aromatic heterocycles. The monoisotopic (exact) mass is 791 g/mol. The Labute approximate surface area is 364 Å². The van der Waals surface area contributed by atoms with Gasteiger partial charge < -0.3 is 0 Å². The summed E-state index contributed by atoms with van der Waals surface area (Å²) in [5.41, 5.74) is 23.8. The van der Waals surface area contributed by atoms with Crippen molar-refractivity contribution < 1.29 is 0 Å². The predicted molar refractivity (Wildman–Crippen MR) is 262 cm³/mol. The second kappa shape index (κ2) is 17.0. The molecule has 2 atom stereocenters. The van der Waals surface area contributed by atoms with Gasteiger partial charge in [-0.25, -0.2) is 0 Å². The molecule has 0 bridgehead atoms. The van der Waals surface area contributed by atoms with E-state index in [4.69, 9.17) is 4.99 Å². The highest BCUT2D eigenvalue weighted by molar-refractivity contribution is 6.18. The molecule has 0 saturated heterocycles. The summed E-state index contributed by atoms with van der Waals surface area (Å²) in [5, 5.41) is 0. The third-order valence-corrected chi connectivity index (χ3v) is 13.3. The molecular formula is C60H57N. The standard InChI is InChI=1S/C41H36.C19H21N/c1-27-13-11-12-18-35(27)37-26-38-36-20-19-31(25-40(36)41(3,4)39(38)21-28(37)2)34-23-32(29-14-7-5-8-15-29)22-33(24-34)30-16-9-6-10-17-30;1-14(2)20-19(16-11-7-4-8-12-16)18-13-17(18)15-9-5-3-6-10-15/h5-26,36,40H,1-4H3;3,5,7,9,11-12H,1,4,6,8,10,13H2,2H3. The van der Waals surface area contributed by atoms with Crippen molar-refractivity contribution in [3.63, 3.8) is 0 Å². The molecule has 5 aromatic carbocycles. The van der Waals surface area contributed by atoms with E-state index in [0.29, 0.717) is 11.8 Å². The summed E-state index contributed by atoms with van der Waals surface area (Å²) in [7, 11) is 0. The summed E-state index contributed by atoms with van der Waals surface area (Å²) < 4.78 is 0. The molecule has 0 N–H and O–H groups in total. The Bertz CT molecular complexity index is 2710. The topological polar surface area (TPSA) is 12.4 Å².